The van der Waals surface area contributed by atoms with E-state index in [1.54, 1.807) is 6.20 Å². The number of primary amides is 1. The number of nitrogens with two attached hydrogens (primary N) is 2. The maximum Gasteiger partial charge on any atom is 0.250 e. The number of amides is 1. The summed E-state index contributed by atoms with van der Waals surface area (Å²) in [6.07, 6.45) is 3.86. The molecule has 0 aliphatic carbocycles. The molecule has 7 nitrogen and oxygen atoms in total. The quantitative estimate of drug-likeness (QED) is 0.736. The monoisotopic (exact) mass is 261 g/mol. The van der Waals surface area contributed by atoms with Gasteiger partial charge in [-0.3, -0.25) is 4.79 Å². The first-order valence-electron chi connectivity index (χ1n) is 5.83. The topological polar surface area (TPSA) is 120 Å². The van der Waals surface area contributed by atoms with Gasteiger partial charge in [0.15, 0.2) is 0 Å². The Bertz CT molecular complexity index is 594. The second-order valence-electron chi connectivity index (χ2n) is 3.95. The summed E-state index contributed by atoms with van der Waals surface area (Å²) in [4.78, 5) is 19.3. The minimum atomic E-state index is -0.590. The van der Waals surface area contributed by atoms with Gasteiger partial charge in [0.2, 0.25) is 5.89 Å². The molecule has 0 fully saturated rings. The lowest BCUT2D eigenvalue weighted by atomic mass is 10.2. The van der Waals surface area contributed by atoms with Crippen molar-refractivity contribution in [2.45, 2.75) is 19.9 Å². The zero-order valence-electron chi connectivity index (χ0n) is 10.5. The largest absolute Gasteiger partial charge is 0.444 e. The molecule has 0 saturated heterocycles. The molecule has 7 heteroatoms. The summed E-state index contributed by atoms with van der Waals surface area (Å²) in [6, 6.07) is 1.50. The third-order valence-electron chi connectivity index (χ3n) is 2.57. The molecule has 2 aromatic heterocycles. The Hall–Kier alpha value is -2.57. The summed E-state index contributed by atoms with van der Waals surface area (Å²) < 4.78 is 5.44. The Morgan fingerprint density at radius 1 is 1.42 bits per heavy atom. The van der Waals surface area contributed by atoms with Crippen LogP contribution in [0, 0.1) is 0 Å². The molecule has 0 radical (unpaired) electrons. The van der Waals surface area contributed by atoms with Crippen LogP contribution in [0.5, 0.6) is 0 Å². The van der Waals surface area contributed by atoms with Crippen LogP contribution in [-0.4, -0.2) is 15.9 Å². The third kappa shape index (κ3) is 3.01. The van der Waals surface area contributed by atoms with Gasteiger partial charge >= 0.3 is 0 Å². The summed E-state index contributed by atoms with van der Waals surface area (Å²) in [5, 5.41) is 2.99. The summed E-state index contributed by atoms with van der Waals surface area (Å²) in [5.41, 5.74) is 11.3. The van der Waals surface area contributed by atoms with Crippen molar-refractivity contribution in [3.05, 3.63) is 35.7 Å². The highest BCUT2D eigenvalue weighted by molar-refractivity contribution is 5.98. The van der Waals surface area contributed by atoms with E-state index in [-0.39, 0.29) is 11.3 Å². The van der Waals surface area contributed by atoms with Crippen LogP contribution in [0.2, 0.25) is 0 Å². The highest BCUT2D eigenvalue weighted by Crippen LogP contribution is 2.15. The number of nitrogens with zero attached hydrogens (tertiary/aromatic N) is 2. The van der Waals surface area contributed by atoms with Gasteiger partial charge in [-0.1, -0.05) is 6.92 Å². The van der Waals surface area contributed by atoms with E-state index in [2.05, 4.69) is 15.3 Å². The molecule has 0 atom stereocenters. The number of aromatic nitrogens is 2. The number of aryl methyl sites for hydroxylation is 1. The molecule has 0 saturated carbocycles. The molecule has 100 valence electrons. The van der Waals surface area contributed by atoms with Crippen LogP contribution in [-0.2, 0) is 13.0 Å². The highest BCUT2D eigenvalue weighted by atomic mass is 16.4. The number of oxazole rings is 1. The predicted molar refractivity (Wildman–Crippen MR) is 70.4 cm³/mol. The van der Waals surface area contributed by atoms with Crippen molar-refractivity contribution in [1.82, 2.24) is 9.97 Å². The molecule has 2 aromatic rings. The van der Waals surface area contributed by atoms with Gasteiger partial charge in [0, 0.05) is 6.42 Å². The Labute approximate surface area is 110 Å². The lowest BCUT2D eigenvalue weighted by Gasteiger charge is -2.06. The average molecular weight is 261 g/mol. The van der Waals surface area contributed by atoms with Crippen LogP contribution in [0.4, 0.5) is 11.5 Å². The number of rotatable bonds is 5. The minimum Gasteiger partial charge on any atom is -0.444 e. The van der Waals surface area contributed by atoms with Crippen molar-refractivity contribution in [2.75, 3.05) is 11.1 Å². The number of hydrogen-bond acceptors (Lipinski definition) is 6. The molecule has 2 heterocycles. The summed E-state index contributed by atoms with van der Waals surface area (Å²) in [6.45, 7) is 2.35. The van der Waals surface area contributed by atoms with E-state index in [0.29, 0.717) is 18.3 Å². The van der Waals surface area contributed by atoms with E-state index in [1.807, 2.05) is 6.92 Å². The van der Waals surface area contributed by atoms with Crippen molar-refractivity contribution in [3.8, 4) is 0 Å². The second-order valence-corrected chi connectivity index (χ2v) is 3.95. The molecule has 19 heavy (non-hydrogen) atoms. The van der Waals surface area contributed by atoms with Gasteiger partial charge in [-0.05, 0) is 6.07 Å². The fourth-order valence-corrected chi connectivity index (χ4v) is 1.54. The Balaban J connectivity index is 2.07. The molecule has 0 aliphatic heterocycles. The SMILES string of the molecule is CCc1cnc(CNc2cc(C(N)=O)c(N)cn2)o1. The van der Waals surface area contributed by atoms with Crippen LogP contribution in [0.1, 0.15) is 28.9 Å². The zero-order chi connectivity index (χ0) is 13.8. The standard InChI is InChI=1S/C12H15N5O2/c1-2-7-4-17-11(19-7)6-16-10-3-8(12(14)18)9(13)5-15-10/h3-5H,2,6,13H2,1H3,(H2,14,18)(H,15,16). The Morgan fingerprint density at radius 3 is 2.84 bits per heavy atom. The molecular formula is C12H15N5O2. The molecule has 1 amide bonds. The second kappa shape index (κ2) is 5.38. The molecule has 5 N–H and O–H groups in total. The first-order valence-corrected chi connectivity index (χ1v) is 5.83. The van der Waals surface area contributed by atoms with Gasteiger partial charge < -0.3 is 21.2 Å². The summed E-state index contributed by atoms with van der Waals surface area (Å²) in [7, 11) is 0. The van der Waals surface area contributed by atoms with Gasteiger partial charge in [0.1, 0.15) is 11.6 Å². The normalized spacial score (nSPS) is 10.4. The molecule has 0 aromatic carbocycles. The van der Waals surface area contributed by atoms with E-state index in [4.69, 9.17) is 15.9 Å². The van der Waals surface area contributed by atoms with Crippen molar-refractivity contribution in [3.63, 3.8) is 0 Å². The maximum atomic E-state index is 11.1. The highest BCUT2D eigenvalue weighted by Gasteiger charge is 2.08. The van der Waals surface area contributed by atoms with Crippen molar-refractivity contribution < 1.29 is 9.21 Å². The smallest absolute Gasteiger partial charge is 0.250 e. The molecule has 0 spiro atoms. The number of nitrogens with one attached hydrogen (secondary N) is 1. The number of carbonyl (C=O) groups excluding carboxylic acids is 1. The average Bonchev–Trinajstić information content (AvgIpc) is 2.85. The van der Waals surface area contributed by atoms with E-state index < -0.39 is 5.91 Å². The summed E-state index contributed by atoms with van der Waals surface area (Å²) >= 11 is 0. The first-order chi connectivity index (χ1) is 9.10. The number of hydrogen-bond donors (Lipinski definition) is 3. The molecule has 0 bridgehead atoms. The number of carbonyl (C=O) groups is 1. The Kier molecular flexibility index (Phi) is 3.65. The van der Waals surface area contributed by atoms with Gasteiger partial charge in [-0.15, -0.1) is 0 Å². The minimum absolute atomic E-state index is 0.235. The maximum absolute atomic E-state index is 11.1. The zero-order valence-corrected chi connectivity index (χ0v) is 10.5. The predicted octanol–water partition coefficient (Wildman–Crippen LogP) is 0.925. The molecule has 0 unspecified atom stereocenters. The van der Waals surface area contributed by atoms with Crippen LogP contribution in [0.25, 0.3) is 0 Å². The van der Waals surface area contributed by atoms with E-state index in [0.717, 1.165) is 12.2 Å². The van der Waals surface area contributed by atoms with E-state index >= 15 is 0 Å². The first kappa shape index (κ1) is 12.9. The van der Waals surface area contributed by atoms with Gasteiger partial charge in [0.05, 0.1) is 30.2 Å². The molecule has 2 rings (SSSR count). The Morgan fingerprint density at radius 2 is 2.21 bits per heavy atom. The lowest BCUT2D eigenvalue weighted by Crippen LogP contribution is -2.14. The number of pyridine rings is 1. The van der Waals surface area contributed by atoms with Gasteiger partial charge in [-0.25, -0.2) is 9.97 Å². The summed E-state index contributed by atoms with van der Waals surface area (Å²) in [5.74, 6) is 1.27. The van der Waals surface area contributed by atoms with Crippen LogP contribution in [0.3, 0.4) is 0 Å². The number of nitrogen functional groups attached to an aromatic ring is 1. The number of anilines is 2. The van der Waals surface area contributed by atoms with Crippen molar-refractivity contribution in [2.24, 2.45) is 5.73 Å². The molecular weight excluding hydrogens is 246 g/mol. The fourth-order valence-electron chi connectivity index (χ4n) is 1.54. The van der Waals surface area contributed by atoms with Crippen LogP contribution < -0.4 is 16.8 Å². The lowest BCUT2D eigenvalue weighted by molar-refractivity contribution is 0.100. The van der Waals surface area contributed by atoms with Gasteiger partial charge in [0.25, 0.3) is 5.91 Å². The van der Waals surface area contributed by atoms with Gasteiger partial charge in [-0.2, -0.15) is 0 Å². The van der Waals surface area contributed by atoms with Crippen LogP contribution in [0.15, 0.2) is 22.9 Å². The van der Waals surface area contributed by atoms with Crippen molar-refractivity contribution >= 4 is 17.4 Å². The van der Waals surface area contributed by atoms with E-state index in [9.17, 15) is 4.79 Å². The fraction of sp³-hybridized carbons (Fsp3) is 0.250. The molecule has 0 aliphatic rings. The van der Waals surface area contributed by atoms with Crippen molar-refractivity contribution in [1.29, 1.82) is 0 Å². The van der Waals surface area contributed by atoms with E-state index in [1.165, 1.54) is 12.3 Å². The third-order valence-corrected chi connectivity index (χ3v) is 2.57. The van der Waals surface area contributed by atoms with Crippen LogP contribution >= 0.6 is 0 Å².